The highest BCUT2D eigenvalue weighted by Crippen LogP contribution is 2.20. The number of aryl methyl sites for hydroxylation is 1. The van der Waals surface area contributed by atoms with Crippen LogP contribution >= 0.6 is 11.3 Å². The van der Waals surface area contributed by atoms with Gasteiger partial charge in [0.2, 0.25) is 0 Å². The van der Waals surface area contributed by atoms with Crippen molar-refractivity contribution in [1.82, 2.24) is 0 Å². The number of hydrogen-bond donors (Lipinski definition) is 1. The Morgan fingerprint density at radius 2 is 2.05 bits per heavy atom. The molecule has 0 unspecified atom stereocenters. The lowest BCUT2D eigenvalue weighted by Gasteiger charge is -2.25. The second-order valence-electron chi connectivity index (χ2n) is 4.80. The number of benzene rings is 1. The molecule has 0 saturated heterocycles. The van der Waals surface area contributed by atoms with Gasteiger partial charge in [-0.1, -0.05) is 18.2 Å². The van der Waals surface area contributed by atoms with Crippen LogP contribution in [0.5, 0.6) is 0 Å². The van der Waals surface area contributed by atoms with Crippen molar-refractivity contribution < 1.29 is 9.90 Å². The Kier molecular flexibility index (Phi) is 5.18. The number of aliphatic carboxylic acids is 1. The largest absolute Gasteiger partial charge is 0.481 e. The highest BCUT2D eigenvalue weighted by molar-refractivity contribution is 7.07. The van der Waals surface area contributed by atoms with E-state index in [1.165, 1.54) is 11.1 Å². The Morgan fingerprint density at radius 3 is 2.70 bits per heavy atom. The second kappa shape index (κ2) is 7.10. The van der Waals surface area contributed by atoms with Gasteiger partial charge >= 0.3 is 5.97 Å². The zero-order chi connectivity index (χ0) is 14.4. The summed E-state index contributed by atoms with van der Waals surface area (Å²) < 4.78 is 0. The van der Waals surface area contributed by atoms with Crippen LogP contribution in [-0.4, -0.2) is 24.2 Å². The summed E-state index contributed by atoms with van der Waals surface area (Å²) in [6.45, 7) is 3.45. The van der Waals surface area contributed by atoms with Crippen LogP contribution in [0.3, 0.4) is 0 Å². The van der Waals surface area contributed by atoms with Gasteiger partial charge < -0.3 is 10.0 Å². The SMILES string of the molecule is Cc1ccccc1N(CCC(=O)O)CCc1ccsc1. The minimum Gasteiger partial charge on any atom is -0.481 e. The molecular formula is C16H19NO2S. The van der Waals surface area contributed by atoms with Gasteiger partial charge in [0.1, 0.15) is 0 Å². The van der Waals surface area contributed by atoms with Crippen LogP contribution in [-0.2, 0) is 11.2 Å². The molecule has 20 heavy (non-hydrogen) atoms. The first-order valence-corrected chi connectivity index (χ1v) is 7.64. The summed E-state index contributed by atoms with van der Waals surface area (Å²) in [6.07, 6.45) is 1.11. The fourth-order valence-corrected chi connectivity index (χ4v) is 2.90. The first kappa shape index (κ1) is 14.6. The number of carboxylic acids is 1. The van der Waals surface area contributed by atoms with Crippen LogP contribution in [0.2, 0.25) is 0 Å². The number of nitrogens with zero attached hydrogens (tertiary/aromatic N) is 1. The van der Waals surface area contributed by atoms with Gasteiger partial charge in [0.25, 0.3) is 0 Å². The lowest BCUT2D eigenvalue weighted by Crippen LogP contribution is -2.29. The molecule has 1 aromatic carbocycles. The van der Waals surface area contributed by atoms with Crippen molar-refractivity contribution in [2.45, 2.75) is 19.8 Å². The summed E-state index contributed by atoms with van der Waals surface area (Å²) in [5, 5.41) is 13.1. The summed E-state index contributed by atoms with van der Waals surface area (Å²) in [4.78, 5) is 13.0. The maximum atomic E-state index is 10.8. The third kappa shape index (κ3) is 4.10. The van der Waals surface area contributed by atoms with Crippen molar-refractivity contribution in [2.75, 3.05) is 18.0 Å². The maximum Gasteiger partial charge on any atom is 0.305 e. The number of anilines is 1. The summed E-state index contributed by atoms with van der Waals surface area (Å²) >= 11 is 1.70. The molecule has 0 aliphatic rings. The first-order valence-electron chi connectivity index (χ1n) is 6.70. The third-order valence-corrected chi connectivity index (χ3v) is 4.03. The van der Waals surface area contributed by atoms with E-state index < -0.39 is 5.97 Å². The molecule has 0 amide bonds. The first-order chi connectivity index (χ1) is 9.66. The van der Waals surface area contributed by atoms with Crippen molar-refractivity contribution in [3.8, 4) is 0 Å². The van der Waals surface area contributed by atoms with Crippen LogP contribution in [0, 0.1) is 6.92 Å². The average Bonchev–Trinajstić information content (AvgIpc) is 2.93. The van der Waals surface area contributed by atoms with Crippen LogP contribution in [0.4, 0.5) is 5.69 Å². The van der Waals surface area contributed by atoms with Crippen LogP contribution in [0.15, 0.2) is 41.1 Å². The van der Waals surface area contributed by atoms with E-state index in [4.69, 9.17) is 5.11 Å². The zero-order valence-corrected chi connectivity index (χ0v) is 12.4. The number of hydrogen-bond acceptors (Lipinski definition) is 3. The lowest BCUT2D eigenvalue weighted by molar-refractivity contribution is -0.136. The Balaban J connectivity index is 2.07. The van der Waals surface area contributed by atoms with Gasteiger partial charge in [0, 0.05) is 18.8 Å². The van der Waals surface area contributed by atoms with Gasteiger partial charge in [-0.2, -0.15) is 11.3 Å². The Hall–Kier alpha value is -1.81. The lowest BCUT2D eigenvalue weighted by atomic mass is 10.1. The summed E-state index contributed by atoms with van der Waals surface area (Å²) in [7, 11) is 0. The molecule has 0 radical (unpaired) electrons. The van der Waals surface area contributed by atoms with Crippen molar-refractivity contribution >= 4 is 23.0 Å². The molecule has 0 bridgehead atoms. The molecule has 2 rings (SSSR count). The molecule has 0 aliphatic carbocycles. The quantitative estimate of drug-likeness (QED) is 0.847. The Morgan fingerprint density at radius 1 is 1.25 bits per heavy atom. The van der Waals surface area contributed by atoms with Crippen LogP contribution in [0.1, 0.15) is 17.5 Å². The topological polar surface area (TPSA) is 40.5 Å². The van der Waals surface area contributed by atoms with Gasteiger partial charge in [-0.15, -0.1) is 0 Å². The minimum absolute atomic E-state index is 0.165. The summed E-state index contributed by atoms with van der Waals surface area (Å²) in [5.41, 5.74) is 3.62. The molecule has 2 aromatic rings. The van der Waals surface area contributed by atoms with E-state index in [-0.39, 0.29) is 6.42 Å². The Bertz CT molecular complexity index is 551. The molecular weight excluding hydrogens is 270 g/mol. The molecule has 0 fully saturated rings. The van der Waals surface area contributed by atoms with Crippen molar-refractivity contribution in [1.29, 1.82) is 0 Å². The van der Waals surface area contributed by atoms with E-state index >= 15 is 0 Å². The standard InChI is InChI=1S/C16H19NO2S/c1-13-4-2-3-5-15(13)17(10-7-16(18)19)9-6-14-8-11-20-12-14/h2-5,8,11-12H,6-7,9-10H2,1H3,(H,18,19). The predicted octanol–water partition coefficient (Wildman–Crippen LogP) is 3.58. The van der Waals surface area contributed by atoms with E-state index in [0.717, 1.165) is 18.7 Å². The molecule has 1 N–H and O–H groups in total. The highest BCUT2D eigenvalue weighted by atomic mass is 32.1. The van der Waals surface area contributed by atoms with E-state index in [2.05, 4.69) is 40.8 Å². The van der Waals surface area contributed by atoms with E-state index in [0.29, 0.717) is 6.54 Å². The zero-order valence-electron chi connectivity index (χ0n) is 11.6. The fourth-order valence-electron chi connectivity index (χ4n) is 2.20. The molecule has 1 heterocycles. The molecule has 1 aromatic heterocycles. The molecule has 3 nitrogen and oxygen atoms in total. The number of thiophene rings is 1. The number of para-hydroxylation sites is 1. The van der Waals surface area contributed by atoms with Crippen LogP contribution in [0.25, 0.3) is 0 Å². The van der Waals surface area contributed by atoms with Gasteiger partial charge in [0.15, 0.2) is 0 Å². The number of carboxylic acid groups (broad SMARTS) is 1. The smallest absolute Gasteiger partial charge is 0.305 e. The van der Waals surface area contributed by atoms with Gasteiger partial charge in [-0.25, -0.2) is 0 Å². The molecule has 4 heteroatoms. The monoisotopic (exact) mass is 289 g/mol. The van der Waals surface area contributed by atoms with Crippen molar-refractivity contribution in [3.63, 3.8) is 0 Å². The molecule has 0 aliphatic heterocycles. The fraction of sp³-hybridized carbons (Fsp3) is 0.312. The van der Waals surface area contributed by atoms with Gasteiger partial charge in [-0.3, -0.25) is 4.79 Å². The molecule has 106 valence electrons. The average molecular weight is 289 g/mol. The van der Waals surface area contributed by atoms with E-state index in [9.17, 15) is 4.79 Å². The van der Waals surface area contributed by atoms with E-state index in [1.54, 1.807) is 11.3 Å². The van der Waals surface area contributed by atoms with Crippen LogP contribution < -0.4 is 4.90 Å². The summed E-state index contributed by atoms with van der Waals surface area (Å²) in [6, 6.07) is 10.3. The molecule has 0 saturated carbocycles. The molecule has 0 atom stereocenters. The number of carbonyl (C=O) groups is 1. The third-order valence-electron chi connectivity index (χ3n) is 3.30. The maximum absolute atomic E-state index is 10.8. The molecule has 0 spiro atoms. The highest BCUT2D eigenvalue weighted by Gasteiger charge is 2.11. The second-order valence-corrected chi connectivity index (χ2v) is 5.58. The van der Waals surface area contributed by atoms with Gasteiger partial charge in [-0.05, 0) is 47.4 Å². The normalized spacial score (nSPS) is 10.4. The number of rotatable bonds is 7. The van der Waals surface area contributed by atoms with E-state index in [1.807, 2.05) is 12.1 Å². The predicted molar refractivity (Wildman–Crippen MR) is 83.7 cm³/mol. The van der Waals surface area contributed by atoms with Crippen molar-refractivity contribution in [2.24, 2.45) is 0 Å². The van der Waals surface area contributed by atoms with Gasteiger partial charge in [0.05, 0.1) is 6.42 Å². The summed E-state index contributed by atoms with van der Waals surface area (Å²) in [5.74, 6) is -0.751. The minimum atomic E-state index is -0.751. The van der Waals surface area contributed by atoms with Crippen molar-refractivity contribution in [3.05, 3.63) is 52.2 Å². The Labute approximate surface area is 123 Å².